The van der Waals surface area contributed by atoms with Crippen molar-refractivity contribution >= 4 is 17.2 Å². The lowest BCUT2D eigenvalue weighted by Crippen LogP contribution is -2.29. The maximum absolute atomic E-state index is 12.5. The van der Waals surface area contributed by atoms with Gasteiger partial charge in [-0.1, -0.05) is 18.2 Å². The van der Waals surface area contributed by atoms with Crippen LogP contribution in [0.3, 0.4) is 0 Å². The van der Waals surface area contributed by atoms with Crippen LogP contribution in [0, 0.1) is 25.2 Å². The van der Waals surface area contributed by atoms with Gasteiger partial charge >= 0.3 is 0 Å². The van der Waals surface area contributed by atoms with Gasteiger partial charge < -0.3 is 4.90 Å². The summed E-state index contributed by atoms with van der Waals surface area (Å²) in [6, 6.07) is 11.8. The van der Waals surface area contributed by atoms with Crippen molar-refractivity contribution in [1.29, 1.82) is 5.26 Å². The van der Waals surface area contributed by atoms with E-state index in [1.165, 1.54) is 22.5 Å². The van der Waals surface area contributed by atoms with Crippen molar-refractivity contribution in [3.8, 4) is 6.07 Å². The van der Waals surface area contributed by atoms with Crippen LogP contribution in [0.4, 0.5) is 0 Å². The molecule has 3 nitrogen and oxygen atoms in total. The van der Waals surface area contributed by atoms with Crippen LogP contribution in [0.5, 0.6) is 0 Å². The number of nitriles is 1. The largest absolute Gasteiger partial charge is 0.334 e. The Hall–Kier alpha value is -2.12. The summed E-state index contributed by atoms with van der Waals surface area (Å²) in [7, 11) is 0. The van der Waals surface area contributed by atoms with Crippen molar-refractivity contribution in [2.24, 2.45) is 0 Å². The third-order valence-electron chi connectivity index (χ3n) is 3.54. The molecule has 0 bridgehead atoms. The van der Waals surface area contributed by atoms with E-state index in [9.17, 15) is 4.79 Å². The van der Waals surface area contributed by atoms with Crippen LogP contribution in [-0.4, -0.2) is 17.4 Å². The molecule has 0 N–H and O–H groups in total. The van der Waals surface area contributed by atoms with E-state index >= 15 is 0 Å². The van der Waals surface area contributed by atoms with Crippen LogP contribution >= 0.6 is 11.3 Å². The molecule has 2 aromatic rings. The number of rotatable bonds is 4. The van der Waals surface area contributed by atoms with Crippen molar-refractivity contribution in [1.82, 2.24) is 4.90 Å². The minimum absolute atomic E-state index is 0.0118. The highest BCUT2D eigenvalue weighted by Crippen LogP contribution is 2.19. The lowest BCUT2D eigenvalue weighted by molar-refractivity contribution is 0.0757. The molecule has 1 amide bonds. The van der Waals surface area contributed by atoms with Gasteiger partial charge in [0.25, 0.3) is 5.91 Å². The maximum Gasteiger partial charge on any atom is 0.264 e. The number of hydrogen-bond acceptors (Lipinski definition) is 3. The number of hydrogen-bond donors (Lipinski definition) is 0. The molecule has 0 fully saturated rings. The van der Waals surface area contributed by atoms with E-state index in [0.29, 0.717) is 22.8 Å². The first-order valence-electron chi connectivity index (χ1n) is 6.90. The van der Waals surface area contributed by atoms with Crippen molar-refractivity contribution in [3.63, 3.8) is 0 Å². The van der Waals surface area contributed by atoms with Gasteiger partial charge in [-0.25, -0.2) is 0 Å². The van der Waals surface area contributed by atoms with Crippen LogP contribution in [0.2, 0.25) is 0 Å². The number of carbonyl (C=O) groups excluding carboxylic acids is 1. The van der Waals surface area contributed by atoms with Crippen molar-refractivity contribution in [2.45, 2.75) is 27.3 Å². The van der Waals surface area contributed by atoms with Crippen LogP contribution in [0.15, 0.2) is 30.3 Å². The van der Waals surface area contributed by atoms with Crippen LogP contribution < -0.4 is 0 Å². The lowest BCUT2D eigenvalue weighted by atomic mass is 10.1. The molecule has 21 heavy (non-hydrogen) atoms. The molecule has 0 aliphatic heterocycles. The highest BCUT2D eigenvalue weighted by molar-refractivity contribution is 7.14. The maximum atomic E-state index is 12.5. The highest BCUT2D eigenvalue weighted by Gasteiger charge is 2.16. The van der Waals surface area contributed by atoms with Gasteiger partial charge in [0.15, 0.2) is 0 Å². The summed E-state index contributed by atoms with van der Waals surface area (Å²) in [6.07, 6.45) is 0. The van der Waals surface area contributed by atoms with Crippen LogP contribution in [0.1, 0.15) is 38.2 Å². The van der Waals surface area contributed by atoms with Gasteiger partial charge in [-0.15, -0.1) is 11.3 Å². The van der Waals surface area contributed by atoms with Gasteiger partial charge in [-0.05, 0) is 49.6 Å². The first-order chi connectivity index (χ1) is 10.0. The number of carbonyl (C=O) groups is 1. The Bertz CT molecular complexity index is 697. The lowest BCUT2D eigenvalue weighted by Gasteiger charge is -2.20. The van der Waals surface area contributed by atoms with Gasteiger partial charge in [0.2, 0.25) is 0 Å². The van der Waals surface area contributed by atoms with Crippen molar-refractivity contribution in [3.05, 3.63) is 56.8 Å². The van der Waals surface area contributed by atoms with Crippen LogP contribution in [0.25, 0.3) is 0 Å². The normalized spacial score (nSPS) is 10.2. The van der Waals surface area contributed by atoms with Gasteiger partial charge in [0.1, 0.15) is 10.9 Å². The molecule has 1 aromatic heterocycles. The molecular weight excluding hydrogens is 280 g/mol. The predicted molar refractivity (Wildman–Crippen MR) is 85.4 cm³/mol. The highest BCUT2D eigenvalue weighted by atomic mass is 32.1. The summed E-state index contributed by atoms with van der Waals surface area (Å²) in [5, 5.41) is 8.86. The molecule has 108 valence electrons. The summed E-state index contributed by atoms with van der Waals surface area (Å²) in [5.41, 5.74) is 3.62. The number of nitrogens with zero attached hydrogens (tertiary/aromatic N) is 2. The number of benzene rings is 1. The number of aryl methyl sites for hydroxylation is 2. The third-order valence-corrected chi connectivity index (χ3v) is 4.52. The zero-order valence-electron chi connectivity index (χ0n) is 12.5. The van der Waals surface area contributed by atoms with Gasteiger partial charge in [0, 0.05) is 13.1 Å². The zero-order valence-corrected chi connectivity index (χ0v) is 13.3. The third kappa shape index (κ3) is 3.50. The molecular formula is C17H18N2OS. The Morgan fingerprint density at radius 1 is 1.24 bits per heavy atom. The van der Waals surface area contributed by atoms with Gasteiger partial charge in [-0.3, -0.25) is 4.79 Å². The van der Waals surface area contributed by atoms with Crippen molar-refractivity contribution in [2.75, 3.05) is 6.54 Å². The summed E-state index contributed by atoms with van der Waals surface area (Å²) in [5.74, 6) is -0.0118. The van der Waals surface area contributed by atoms with Gasteiger partial charge in [-0.2, -0.15) is 5.26 Å². The van der Waals surface area contributed by atoms with E-state index in [0.717, 1.165) is 5.56 Å². The molecule has 0 aliphatic rings. The Labute approximate surface area is 129 Å². The fourth-order valence-corrected chi connectivity index (χ4v) is 2.89. The molecule has 1 heterocycles. The molecule has 0 unspecified atom stereocenters. The quantitative estimate of drug-likeness (QED) is 0.859. The second kappa shape index (κ2) is 6.55. The monoisotopic (exact) mass is 298 g/mol. The Morgan fingerprint density at radius 3 is 2.57 bits per heavy atom. The van der Waals surface area contributed by atoms with Crippen LogP contribution in [-0.2, 0) is 6.54 Å². The predicted octanol–water partition coefficient (Wildman–Crippen LogP) is 3.90. The van der Waals surface area contributed by atoms with E-state index in [1.54, 1.807) is 17.0 Å². The topological polar surface area (TPSA) is 44.1 Å². The molecule has 0 radical (unpaired) electrons. The summed E-state index contributed by atoms with van der Waals surface area (Å²) < 4.78 is 0. The van der Waals surface area contributed by atoms with Crippen molar-refractivity contribution < 1.29 is 4.79 Å². The molecule has 2 rings (SSSR count). The first kappa shape index (κ1) is 15.3. The second-order valence-corrected chi connectivity index (χ2v) is 6.10. The molecule has 1 aromatic carbocycles. The van der Waals surface area contributed by atoms with E-state index in [4.69, 9.17) is 5.26 Å². The fourth-order valence-electron chi connectivity index (χ4n) is 2.12. The van der Waals surface area contributed by atoms with E-state index in [2.05, 4.69) is 38.1 Å². The summed E-state index contributed by atoms with van der Waals surface area (Å²) in [4.78, 5) is 15.5. The summed E-state index contributed by atoms with van der Waals surface area (Å²) in [6.45, 7) is 7.37. The second-order valence-electron chi connectivity index (χ2n) is 5.01. The average Bonchev–Trinajstić information content (AvgIpc) is 2.96. The molecule has 0 spiro atoms. The van der Waals surface area contributed by atoms with E-state index < -0.39 is 0 Å². The Kier molecular flexibility index (Phi) is 4.77. The first-order valence-corrected chi connectivity index (χ1v) is 7.72. The Morgan fingerprint density at radius 2 is 2.00 bits per heavy atom. The van der Waals surface area contributed by atoms with Gasteiger partial charge in [0.05, 0.1) is 4.88 Å². The number of amides is 1. The standard InChI is InChI=1S/C17H18N2OS/c1-4-19(11-14-6-5-12(2)13(3)9-14)17(20)16-8-7-15(10-18)21-16/h5-9H,4,11H2,1-3H3. The average molecular weight is 298 g/mol. The summed E-state index contributed by atoms with van der Waals surface area (Å²) >= 11 is 1.25. The minimum Gasteiger partial charge on any atom is -0.334 e. The SMILES string of the molecule is CCN(Cc1ccc(C)c(C)c1)C(=O)c1ccc(C#N)s1. The smallest absolute Gasteiger partial charge is 0.264 e. The molecule has 0 saturated heterocycles. The molecule has 0 atom stereocenters. The van der Waals surface area contributed by atoms with E-state index in [1.807, 2.05) is 6.92 Å². The zero-order chi connectivity index (χ0) is 15.4. The molecule has 0 saturated carbocycles. The fraction of sp³-hybridized carbons (Fsp3) is 0.294. The number of thiophene rings is 1. The molecule has 0 aliphatic carbocycles. The van der Waals surface area contributed by atoms with E-state index in [-0.39, 0.29) is 5.91 Å². The Balaban J connectivity index is 2.17. The molecule has 4 heteroatoms. The minimum atomic E-state index is -0.0118.